The highest BCUT2D eigenvalue weighted by molar-refractivity contribution is 7.15. The van der Waals surface area contributed by atoms with E-state index < -0.39 is 0 Å². The van der Waals surface area contributed by atoms with Crippen molar-refractivity contribution in [2.75, 3.05) is 6.54 Å². The van der Waals surface area contributed by atoms with Crippen LogP contribution in [0.3, 0.4) is 0 Å². The van der Waals surface area contributed by atoms with Gasteiger partial charge in [-0.3, -0.25) is 0 Å². The smallest absolute Gasteiger partial charge is 0.128 e. The van der Waals surface area contributed by atoms with Crippen molar-refractivity contribution >= 4 is 11.3 Å². The summed E-state index contributed by atoms with van der Waals surface area (Å²) in [6.45, 7) is 5.52. The molecule has 0 unspecified atom stereocenters. The average Bonchev–Trinajstić information content (AvgIpc) is 2.74. The third-order valence-electron chi connectivity index (χ3n) is 2.64. The fourth-order valence-corrected chi connectivity index (χ4v) is 2.56. The topological polar surface area (TPSA) is 12.0 Å². The van der Waals surface area contributed by atoms with Crippen molar-refractivity contribution in [1.29, 1.82) is 0 Å². The summed E-state index contributed by atoms with van der Waals surface area (Å²) in [7, 11) is 0. The second-order valence-electron chi connectivity index (χ2n) is 4.00. The number of nitrogens with one attached hydrogen (secondary N) is 1. The molecule has 0 saturated carbocycles. The fraction of sp³-hybridized carbons (Fsp3) is 0.286. The molecule has 1 aromatic carbocycles. The lowest BCUT2D eigenvalue weighted by Crippen LogP contribution is -2.12. The predicted octanol–water partition coefficient (Wildman–Crippen LogP) is 3.97. The van der Waals surface area contributed by atoms with Crippen LogP contribution in [0, 0.1) is 12.7 Å². The highest BCUT2D eigenvalue weighted by Gasteiger charge is 2.06. The minimum Gasteiger partial charge on any atom is -0.313 e. The molecule has 2 aromatic rings. The molecule has 1 N–H and O–H groups in total. The van der Waals surface area contributed by atoms with Crippen LogP contribution in [-0.4, -0.2) is 6.54 Å². The van der Waals surface area contributed by atoms with Crippen molar-refractivity contribution in [2.24, 2.45) is 0 Å². The van der Waals surface area contributed by atoms with Crippen molar-refractivity contribution in [3.05, 3.63) is 46.6 Å². The van der Waals surface area contributed by atoms with E-state index in [4.69, 9.17) is 0 Å². The van der Waals surface area contributed by atoms with Crippen LogP contribution in [0.4, 0.5) is 4.39 Å². The molecule has 0 aliphatic carbocycles. The van der Waals surface area contributed by atoms with Crippen molar-refractivity contribution in [3.8, 4) is 10.4 Å². The largest absolute Gasteiger partial charge is 0.313 e. The fourth-order valence-electron chi connectivity index (χ4n) is 1.69. The third-order valence-corrected chi connectivity index (χ3v) is 3.69. The summed E-state index contributed by atoms with van der Waals surface area (Å²) < 4.78 is 13.8. The standard InChI is InChI=1S/C14H16FNS/c1-3-16-9-12-6-5-11(8-13(12)15)14-7-4-10(2)17-14/h4-8,16H,3,9H2,1-2H3. The lowest BCUT2D eigenvalue weighted by atomic mass is 10.1. The van der Waals surface area contributed by atoms with Crippen molar-refractivity contribution < 1.29 is 4.39 Å². The minimum atomic E-state index is -0.130. The predicted molar refractivity (Wildman–Crippen MR) is 71.8 cm³/mol. The van der Waals surface area contributed by atoms with E-state index in [0.29, 0.717) is 6.54 Å². The molecule has 1 nitrogen and oxygen atoms in total. The van der Waals surface area contributed by atoms with Gasteiger partial charge >= 0.3 is 0 Å². The summed E-state index contributed by atoms with van der Waals surface area (Å²) in [5, 5.41) is 3.13. The summed E-state index contributed by atoms with van der Waals surface area (Å²) in [4.78, 5) is 2.37. The Morgan fingerprint density at radius 2 is 2.06 bits per heavy atom. The second kappa shape index (κ2) is 5.43. The van der Waals surface area contributed by atoms with Crippen LogP contribution in [0.25, 0.3) is 10.4 Å². The van der Waals surface area contributed by atoms with Gasteiger partial charge in [0.25, 0.3) is 0 Å². The van der Waals surface area contributed by atoms with E-state index >= 15 is 0 Å². The number of thiophene rings is 1. The molecule has 2 rings (SSSR count). The Kier molecular flexibility index (Phi) is 3.92. The van der Waals surface area contributed by atoms with E-state index in [9.17, 15) is 4.39 Å². The van der Waals surface area contributed by atoms with Crippen LogP contribution < -0.4 is 5.32 Å². The first kappa shape index (κ1) is 12.3. The number of hydrogen-bond acceptors (Lipinski definition) is 2. The summed E-state index contributed by atoms with van der Waals surface area (Å²) >= 11 is 1.69. The van der Waals surface area contributed by atoms with Crippen molar-refractivity contribution in [3.63, 3.8) is 0 Å². The summed E-state index contributed by atoms with van der Waals surface area (Å²) in [6, 6.07) is 9.57. The molecule has 0 amide bonds. The molecule has 1 aromatic heterocycles. The molecule has 3 heteroatoms. The molecule has 90 valence electrons. The minimum absolute atomic E-state index is 0.130. The maximum Gasteiger partial charge on any atom is 0.128 e. The van der Waals surface area contributed by atoms with Gasteiger partial charge in [-0.1, -0.05) is 19.1 Å². The van der Waals surface area contributed by atoms with Gasteiger partial charge in [0, 0.05) is 21.9 Å². The molecule has 1 heterocycles. The van der Waals surface area contributed by atoms with Crippen LogP contribution in [0.2, 0.25) is 0 Å². The summed E-state index contributed by atoms with van der Waals surface area (Å²) in [5.41, 5.74) is 1.68. The van der Waals surface area contributed by atoms with Crippen LogP contribution in [-0.2, 0) is 6.54 Å². The van der Waals surface area contributed by atoms with Crippen LogP contribution in [0.1, 0.15) is 17.4 Å². The lowest BCUT2D eigenvalue weighted by Gasteiger charge is -2.05. The summed E-state index contributed by atoms with van der Waals surface area (Å²) in [5.74, 6) is -0.130. The third kappa shape index (κ3) is 2.93. The Bertz CT molecular complexity index is 505. The Hall–Kier alpha value is -1.19. The number of hydrogen-bond donors (Lipinski definition) is 1. The number of rotatable bonds is 4. The molecular formula is C14H16FNS. The normalized spacial score (nSPS) is 10.8. The first-order valence-electron chi connectivity index (χ1n) is 5.76. The quantitative estimate of drug-likeness (QED) is 0.864. The van der Waals surface area contributed by atoms with E-state index in [0.717, 1.165) is 22.5 Å². The maximum atomic E-state index is 13.8. The maximum absolute atomic E-state index is 13.8. The SMILES string of the molecule is CCNCc1ccc(-c2ccc(C)s2)cc1F. The molecule has 0 saturated heterocycles. The van der Waals surface area contributed by atoms with Gasteiger partial charge in [-0.05, 0) is 37.2 Å². The monoisotopic (exact) mass is 249 g/mol. The van der Waals surface area contributed by atoms with E-state index in [-0.39, 0.29) is 5.82 Å². The highest BCUT2D eigenvalue weighted by Crippen LogP contribution is 2.28. The Morgan fingerprint density at radius 3 is 2.65 bits per heavy atom. The Labute approximate surface area is 105 Å². The van der Waals surface area contributed by atoms with Gasteiger partial charge in [-0.2, -0.15) is 0 Å². The van der Waals surface area contributed by atoms with E-state index in [1.807, 2.05) is 25.1 Å². The van der Waals surface area contributed by atoms with E-state index in [2.05, 4.69) is 18.3 Å². The highest BCUT2D eigenvalue weighted by atomic mass is 32.1. The van der Waals surface area contributed by atoms with Gasteiger partial charge in [0.15, 0.2) is 0 Å². The molecule has 17 heavy (non-hydrogen) atoms. The van der Waals surface area contributed by atoms with Crippen LogP contribution in [0.15, 0.2) is 30.3 Å². The van der Waals surface area contributed by atoms with E-state index in [1.165, 1.54) is 4.88 Å². The van der Waals surface area contributed by atoms with Gasteiger partial charge in [-0.15, -0.1) is 11.3 Å². The number of benzene rings is 1. The molecule has 0 radical (unpaired) electrons. The van der Waals surface area contributed by atoms with Gasteiger partial charge in [0.1, 0.15) is 5.82 Å². The molecule has 0 atom stereocenters. The molecule has 0 aliphatic heterocycles. The van der Waals surface area contributed by atoms with Gasteiger partial charge in [0.2, 0.25) is 0 Å². The average molecular weight is 249 g/mol. The van der Waals surface area contributed by atoms with Crippen LogP contribution >= 0.6 is 11.3 Å². The second-order valence-corrected chi connectivity index (χ2v) is 5.28. The zero-order valence-corrected chi connectivity index (χ0v) is 10.9. The van der Waals surface area contributed by atoms with Gasteiger partial charge in [0.05, 0.1) is 0 Å². The molecule has 0 aliphatic rings. The molecule has 0 fully saturated rings. The first-order valence-corrected chi connectivity index (χ1v) is 6.58. The van der Waals surface area contributed by atoms with Crippen LogP contribution in [0.5, 0.6) is 0 Å². The number of aryl methyl sites for hydroxylation is 1. The van der Waals surface area contributed by atoms with Crippen molar-refractivity contribution in [1.82, 2.24) is 5.32 Å². The summed E-state index contributed by atoms with van der Waals surface area (Å²) in [6.07, 6.45) is 0. The number of halogens is 1. The molecular weight excluding hydrogens is 233 g/mol. The van der Waals surface area contributed by atoms with Gasteiger partial charge in [-0.25, -0.2) is 4.39 Å². The zero-order valence-electron chi connectivity index (χ0n) is 10.1. The van der Waals surface area contributed by atoms with E-state index in [1.54, 1.807) is 17.4 Å². The molecule has 0 bridgehead atoms. The zero-order chi connectivity index (χ0) is 12.3. The Balaban J connectivity index is 2.24. The van der Waals surface area contributed by atoms with Crippen molar-refractivity contribution in [2.45, 2.75) is 20.4 Å². The Morgan fingerprint density at radius 1 is 1.24 bits per heavy atom. The first-order chi connectivity index (χ1) is 8.20. The van der Waals surface area contributed by atoms with Gasteiger partial charge < -0.3 is 5.32 Å². The lowest BCUT2D eigenvalue weighted by molar-refractivity contribution is 0.594. The molecule has 0 spiro atoms.